The minimum absolute atomic E-state index is 0.0000949. The molecule has 0 aliphatic heterocycles. The molecule has 0 saturated heterocycles. The molecule has 3 N–H and O–H groups in total. The summed E-state index contributed by atoms with van der Waals surface area (Å²) in [6.45, 7) is 0. The molecule has 6 nitrogen and oxygen atoms in total. The van der Waals surface area contributed by atoms with E-state index in [2.05, 4.69) is 15.6 Å². The minimum atomic E-state index is -0.0000949. The van der Waals surface area contributed by atoms with Crippen LogP contribution in [0.3, 0.4) is 0 Å². The van der Waals surface area contributed by atoms with E-state index in [1.165, 1.54) is 51.4 Å². The predicted octanol–water partition coefficient (Wildman–Crippen LogP) is 5.99. The number of rotatable bonds is 5. The lowest BCUT2D eigenvalue weighted by Crippen LogP contribution is -2.47. The number of benzene rings is 2. The van der Waals surface area contributed by atoms with E-state index in [4.69, 9.17) is 4.98 Å². The number of nitrogens with one attached hydrogen (secondary N) is 3. The summed E-state index contributed by atoms with van der Waals surface area (Å²) in [6, 6.07) is 13.9. The van der Waals surface area contributed by atoms with Gasteiger partial charge in [-0.2, -0.15) is 0 Å². The Morgan fingerprint density at radius 3 is 2.17 bits per heavy atom. The molecule has 1 atom stereocenters. The van der Waals surface area contributed by atoms with Crippen LogP contribution in [0.1, 0.15) is 91.3 Å². The van der Waals surface area contributed by atoms with Crippen LogP contribution in [0.15, 0.2) is 42.5 Å². The SMILES string of the molecule is O=C(NC1CCCCCC1)c1ccc(-c2nc3cc(C(=O)NC4CC5CCC4CC5)ccc3[nH]2)cc1. The third kappa shape index (κ3) is 4.91. The van der Waals surface area contributed by atoms with E-state index in [0.717, 1.165) is 47.6 Å². The Bertz CT molecular complexity index is 1230. The second-order valence-corrected chi connectivity index (χ2v) is 11.2. The van der Waals surface area contributed by atoms with Crippen LogP contribution in [0.4, 0.5) is 0 Å². The van der Waals surface area contributed by atoms with E-state index < -0.39 is 0 Å². The molecule has 4 aliphatic rings. The molecule has 188 valence electrons. The zero-order valence-electron chi connectivity index (χ0n) is 20.9. The molecule has 0 spiro atoms. The predicted molar refractivity (Wildman–Crippen MR) is 142 cm³/mol. The van der Waals surface area contributed by atoms with Crippen molar-refractivity contribution in [1.29, 1.82) is 0 Å². The van der Waals surface area contributed by atoms with Gasteiger partial charge in [0.1, 0.15) is 5.82 Å². The van der Waals surface area contributed by atoms with Gasteiger partial charge in [0.25, 0.3) is 11.8 Å². The number of hydrogen-bond donors (Lipinski definition) is 3. The smallest absolute Gasteiger partial charge is 0.251 e. The molecule has 7 rings (SSSR count). The Morgan fingerprint density at radius 2 is 1.47 bits per heavy atom. The molecule has 1 unspecified atom stereocenters. The zero-order chi connectivity index (χ0) is 24.5. The van der Waals surface area contributed by atoms with Gasteiger partial charge in [0.15, 0.2) is 0 Å². The van der Waals surface area contributed by atoms with Gasteiger partial charge in [-0.15, -0.1) is 0 Å². The first kappa shape index (κ1) is 23.3. The molecule has 1 heterocycles. The van der Waals surface area contributed by atoms with Crippen LogP contribution in [0.5, 0.6) is 0 Å². The quantitative estimate of drug-likeness (QED) is 0.389. The number of aromatic nitrogens is 2. The van der Waals surface area contributed by atoms with Crippen molar-refractivity contribution in [3.63, 3.8) is 0 Å². The van der Waals surface area contributed by atoms with Crippen molar-refractivity contribution < 1.29 is 9.59 Å². The van der Waals surface area contributed by atoms with Gasteiger partial charge in [0.2, 0.25) is 0 Å². The van der Waals surface area contributed by atoms with Crippen LogP contribution in [0.2, 0.25) is 0 Å². The fourth-order valence-electron chi connectivity index (χ4n) is 6.56. The fourth-order valence-corrected chi connectivity index (χ4v) is 6.56. The third-order valence-corrected chi connectivity index (χ3v) is 8.72. The van der Waals surface area contributed by atoms with Crippen LogP contribution in [-0.2, 0) is 0 Å². The molecule has 4 saturated carbocycles. The summed E-state index contributed by atoms with van der Waals surface area (Å²) in [5.41, 5.74) is 3.93. The van der Waals surface area contributed by atoms with Crippen LogP contribution in [0, 0.1) is 11.8 Å². The summed E-state index contributed by atoms with van der Waals surface area (Å²) in [7, 11) is 0. The first-order valence-electron chi connectivity index (χ1n) is 13.8. The van der Waals surface area contributed by atoms with Gasteiger partial charge in [-0.05, 0) is 74.3 Å². The van der Waals surface area contributed by atoms with Crippen molar-refractivity contribution in [3.05, 3.63) is 53.6 Å². The van der Waals surface area contributed by atoms with Crippen LogP contribution in [0.25, 0.3) is 22.4 Å². The lowest BCUT2D eigenvalue weighted by atomic mass is 9.68. The molecule has 2 bridgehead atoms. The summed E-state index contributed by atoms with van der Waals surface area (Å²) < 4.78 is 0. The van der Waals surface area contributed by atoms with E-state index >= 15 is 0 Å². The molecule has 4 fully saturated rings. The summed E-state index contributed by atoms with van der Waals surface area (Å²) in [6.07, 6.45) is 13.3. The Kier molecular flexibility index (Phi) is 6.51. The summed E-state index contributed by atoms with van der Waals surface area (Å²) in [4.78, 5) is 33.8. The van der Waals surface area contributed by atoms with Crippen molar-refractivity contribution in [2.24, 2.45) is 11.8 Å². The molecule has 3 aromatic rings. The highest BCUT2D eigenvalue weighted by molar-refractivity contribution is 5.98. The summed E-state index contributed by atoms with van der Waals surface area (Å²) >= 11 is 0. The topological polar surface area (TPSA) is 86.9 Å². The molecule has 2 aromatic carbocycles. The van der Waals surface area contributed by atoms with Crippen molar-refractivity contribution in [1.82, 2.24) is 20.6 Å². The third-order valence-electron chi connectivity index (χ3n) is 8.72. The van der Waals surface area contributed by atoms with E-state index in [-0.39, 0.29) is 17.9 Å². The lowest BCUT2D eigenvalue weighted by Gasteiger charge is -2.42. The van der Waals surface area contributed by atoms with Gasteiger partial charge in [-0.3, -0.25) is 9.59 Å². The molecule has 4 aliphatic carbocycles. The summed E-state index contributed by atoms with van der Waals surface area (Å²) in [5.74, 6) is 2.16. The summed E-state index contributed by atoms with van der Waals surface area (Å²) in [5, 5.41) is 6.51. The van der Waals surface area contributed by atoms with E-state index in [1.54, 1.807) is 0 Å². The number of carbonyl (C=O) groups excluding carboxylic acids is 2. The average Bonchev–Trinajstić information content (AvgIpc) is 3.18. The molecular weight excluding hydrogens is 448 g/mol. The van der Waals surface area contributed by atoms with Gasteiger partial charge < -0.3 is 15.6 Å². The maximum absolute atomic E-state index is 13.0. The fraction of sp³-hybridized carbons (Fsp3) is 0.500. The van der Waals surface area contributed by atoms with E-state index in [1.807, 2.05) is 42.5 Å². The Morgan fingerprint density at radius 1 is 0.778 bits per heavy atom. The molecule has 1 aromatic heterocycles. The number of carbonyl (C=O) groups is 2. The maximum Gasteiger partial charge on any atom is 0.251 e. The van der Waals surface area contributed by atoms with Gasteiger partial charge >= 0.3 is 0 Å². The van der Waals surface area contributed by atoms with Crippen molar-refractivity contribution in [2.75, 3.05) is 0 Å². The normalized spacial score (nSPS) is 24.4. The van der Waals surface area contributed by atoms with Crippen LogP contribution < -0.4 is 10.6 Å². The van der Waals surface area contributed by atoms with Gasteiger partial charge in [0.05, 0.1) is 11.0 Å². The highest BCUT2D eigenvalue weighted by Crippen LogP contribution is 2.41. The van der Waals surface area contributed by atoms with Crippen molar-refractivity contribution in [3.8, 4) is 11.4 Å². The molecule has 6 heteroatoms. The standard InChI is InChI=1S/C30H36N4O2/c35-29(31-24-5-3-1-2-4-6-24)22-13-11-21(12-14-22)28-32-25-16-15-23(18-27(25)33-28)30(36)34-26-17-19-7-9-20(26)10-8-19/h11-16,18-20,24,26H,1-10,17H2,(H,31,35)(H,32,33)(H,34,36). The highest BCUT2D eigenvalue weighted by Gasteiger charge is 2.36. The number of aromatic amines is 1. The van der Waals surface area contributed by atoms with Gasteiger partial charge in [0, 0.05) is 28.8 Å². The van der Waals surface area contributed by atoms with Crippen molar-refractivity contribution >= 4 is 22.8 Å². The number of imidazole rings is 1. The maximum atomic E-state index is 13.0. The average molecular weight is 485 g/mol. The zero-order valence-corrected chi connectivity index (χ0v) is 20.9. The van der Waals surface area contributed by atoms with Crippen LogP contribution in [-0.4, -0.2) is 33.9 Å². The number of hydrogen-bond acceptors (Lipinski definition) is 3. The molecule has 0 radical (unpaired) electrons. The number of amides is 2. The first-order chi connectivity index (χ1) is 17.6. The lowest BCUT2D eigenvalue weighted by molar-refractivity contribution is 0.0810. The Labute approximate surface area is 212 Å². The molecular formula is C30H36N4O2. The molecule has 2 amide bonds. The number of H-pyrrole nitrogens is 1. The second kappa shape index (κ2) is 10.1. The van der Waals surface area contributed by atoms with E-state index in [0.29, 0.717) is 23.1 Å². The Balaban J connectivity index is 1.13. The van der Waals surface area contributed by atoms with Crippen molar-refractivity contribution in [2.45, 2.75) is 82.7 Å². The monoisotopic (exact) mass is 484 g/mol. The highest BCUT2D eigenvalue weighted by atomic mass is 16.2. The second-order valence-electron chi connectivity index (χ2n) is 11.2. The first-order valence-corrected chi connectivity index (χ1v) is 13.8. The number of fused-ring (bicyclic) bond motifs is 4. The van der Waals surface area contributed by atoms with Gasteiger partial charge in [-0.1, -0.05) is 50.7 Å². The van der Waals surface area contributed by atoms with Crippen LogP contribution >= 0.6 is 0 Å². The number of nitrogens with zero attached hydrogens (tertiary/aromatic N) is 1. The minimum Gasteiger partial charge on any atom is -0.349 e. The molecule has 36 heavy (non-hydrogen) atoms. The Hall–Kier alpha value is -3.15. The largest absolute Gasteiger partial charge is 0.349 e. The van der Waals surface area contributed by atoms with E-state index in [9.17, 15) is 9.59 Å². The van der Waals surface area contributed by atoms with Gasteiger partial charge in [-0.25, -0.2) is 4.98 Å².